The van der Waals surface area contributed by atoms with E-state index in [0.717, 1.165) is 18.5 Å². The number of hydrogen-bond acceptors (Lipinski definition) is 5. The number of hydrogen-bond donors (Lipinski definition) is 0. The lowest BCUT2D eigenvalue weighted by Gasteiger charge is -2.39. The fourth-order valence-corrected chi connectivity index (χ4v) is 4.01. The van der Waals surface area contributed by atoms with Crippen molar-refractivity contribution in [2.45, 2.75) is 50.4 Å². The van der Waals surface area contributed by atoms with Crippen LogP contribution in [-0.4, -0.2) is 48.9 Å². The Bertz CT molecular complexity index is 695. The lowest BCUT2D eigenvalue weighted by atomic mass is 9.98. The second kappa shape index (κ2) is 7.53. The highest BCUT2D eigenvalue weighted by molar-refractivity contribution is 7.99. The lowest BCUT2D eigenvalue weighted by Crippen LogP contribution is -2.48. The van der Waals surface area contributed by atoms with Gasteiger partial charge >= 0.3 is 0 Å². The van der Waals surface area contributed by atoms with E-state index in [4.69, 9.17) is 11.6 Å². The number of piperidine rings is 1. The molecule has 1 fully saturated rings. The van der Waals surface area contributed by atoms with Gasteiger partial charge in [-0.25, -0.2) is 0 Å². The van der Waals surface area contributed by atoms with Gasteiger partial charge in [-0.3, -0.25) is 4.79 Å². The SMILES string of the molecule is C[C@H]1CCC[C@H](C)N1C(=O)CSc1nnnn1-c1ccc(Cl)cc1. The number of aromatic nitrogens is 4. The van der Waals surface area contributed by atoms with Gasteiger partial charge in [-0.2, -0.15) is 4.68 Å². The standard InChI is InChI=1S/C16H20ClN5OS/c1-11-4-3-5-12(2)21(11)15(23)10-24-16-18-19-20-22(16)14-8-6-13(17)7-9-14/h6-9,11-12H,3-5,10H2,1-2H3/t11-,12-/m0/s1. The summed E-state index contributed by atoms with van der Waals surface area (Å²) in [7, 11) is 0. The average Bonchev–Trinajstić information content (AvgIpc) is 3.02. The molecule has 1 aromatic carbocycles. The first kappa shape index (κ1) is 17.2. The molecule has 1 aliphatic rings. The number of nitrogens with zero attached hydrogens (tertiary/aromatic N) is 5. The Balaban J connectivity index is 1.68. The van der Waals surface area contributed by atoms with E-state index in [2.05, 4.69) is 29.4 Å². The van der Waals surface area contributed by atoms with Gasteiger partial charge in [0.15, 0.2) is 0 Å². The molecule has 24 heavy (non-hydrogen) atoms. The van der Waals surface area contributed by atoms with Gasteiger partial charge in [0.1, 0.15) is 0 Å². The van der Waals surface area contributed by atoms with Crippen molar-refractivity contribution in [3.63, 3.8) is 0 Å². The summed E-state index contributed by atoms with van der Waals surface area (Å²) in [5.41, 5.74) is 0.819. The minimum atomic E-state index is 0.144. The van der Waals surface area contributed by atoms with Crippen LogP contribution in [0.4, 0.5) is 0 Å². The summed E-state index contributed by atoms with van der Waals surface area (Å²) in [6.45, 7) is 4.24. The maximum Gasteiger partial charge on any atom is 0.233 e. The molecule has 3 rings (SSSR count). The molecule has 1 aromatic heterocycles. The minimum Gasteiger partial charge on any atom is -0.337 e. The predicted molar refractivity (Wildman–Crippen MR) is 94.5 cm³/mol. The van der Waals surface area contributed by atoms with Gasteiger partial charge in [-0.05, 0) is 67.8 Å². The summed E-state index contributed by atoms with van der Waals surface area (Å²) in [4.78, 5) is 14.6. The molecule has 2 atom stereocenters. The summed E-state index contributed by atoms with van der Waals surface area (Å²) >= 11 is 7.27. The molecule has 0 saturated carbocycles. The van der Waals surface area contributed by atoms with Crippen molar-refractivity contribution in [3.05, 3.63) is 29.3 Å². The lowest BCUT2D eigenvalue weighted by molar-refractivity contribution is -0.134. The molecule has 0 aliphatic carbocycles. The summed E-state index contributed by atoms with van der Waals surface area (Å²) in [5, 5.41) is 13.0. The first-order valence-corrected chi connectivity index (χ1v) is 9.41. The van der Waals surface area contributed by atoms with E-state index in [9.17, 15) is 4.79 Å². The molecule has 2 aromatic rings. The highest BCUT2D eigenvalue weighted by Gasteiger charge is 2.29. The second-order valence-electron chi connectivity index (χ2n) is 6.07. The fourth-order valence-electron chi connectivity index (χ4n) is 3.13. The second-order valence-corrected chi connectivity index (χ2v) is 7.45. The van der Waals surface area contributed by atoms with Crippen molar-refractivity contribution in [2.75, 3.05) is 5.75 Å². The topological polar surface area (TPSA) is 63.9 Å². The zero-order valence-corrected chi connectivity index (χ0v) is 15.3. The van der Waals surface area contributed by atoms with Crippen molar-refractivity contribution in [3.8, 4) is 5.69 Å². The number of halogens is 1. The number of likely N-dealkylation sites (tertiary alicyclic amines) is 1. The number of rotatable bonds is 4. The number of carbonyl (C=O) groups excluding carboxylic acids is 1. The molecule has 1 aliphatic heterocycles. The van der Waals surface area contributed by atoms with Crippen molar-refractivity contribution in [2.24, 2.45) is 0 Å². The number of benzene rings is 1. The molecule has 0 radical (unpaired) electrons. The minimum absolute atomic E-state index is 0.144. The van der Waals surface area contributed by atoms with Gasteiger partial charge in [-0.15, -0.1) is 5.10 Å². The van der Waals surface area contributed by atoms with Crippen LogP contribution in [0.2, 0.25) is 5.02 Å². The molecule has 0 bridgehead atoms. The third-order valence-electron chi connectivity index (χ3n) is 4.32. The predicted octanol–water partition coefficient (Wildman–Crippen LogP) is 3.20. The van der Waals surface area contributed by atoms with E-state index < -0.39 is 0 Å². The van der Waals surface area contributed by atoms with Crippen LogP contribution < -0.4 is 0 Å². The first-order valence-electron chi connectivity index (χ1n) is 8.04. The van der Waals surface area contributed by atoms with Crippen LogP contribution in [0.25, 0.3) is 5.69 Å². The van der Waals surface area contributed by atoms with Crippen LogP contribution in [0, 0.1) is 0 Å². The molecule has 0 unspecified atom stereocenters. The maximum atomic E-state index is 12.6. The molecule has 1 saturated heterocycles. The highest BCUT2D eigenvalue weighted by Crippen LogP contribution is 2.25. The zero-order chi connectivity index (χ0) is 17.1. The summed E-state index contributed by atoms with van der Waals surface area (Å²) < 4.78 is 1.62. The van der Waals surface area contributed by atoms with Crippen molar-refractivity contribution >= 4 is 29.3 Å². The molecule has 128 valence electrons. The molecule has 0 N–H and O–H groups in total. The maximum absolute atomic E-state index is 12.6. The van der Waals surface area contributed by atoms with Crippen LogP contribution in [-0.2, 0) is 4.79 Å². The van der Waals surface area contributed by atoms with Crippen LogP contribution in [0.1, 0.15) is 33.1 Å². The Morgan fingerprint density at radius 1 is 1.25 bits per heavy atom. The Morgan fingerprint density at radius 3 is 2.58 bits per heavy atom. The summed E-state index contributed by atoms with van der Waals surface area (Å²) in [5.74, 6) is 0.480. The van der Waals surface area contributed by atoms with Crippen LogP contribution in [0.15, 0.2) is 29.4 Å². The number of amides is 1. The van der Waals surface area contributed by atoms with Crippen molar-refractivity contribution in [1.29, 1.82) is 0 Å². The largest absolute Gasteiger partial charge is 0.337 e. The molecular weight excluding hydrogens is 346 g/mol. The highest BCUT2D eigenvalue weighted by atomic mass is 35.5. The monoisotopic (exact) mass is 365 g/mol. The van der Waals surface area contributed by atoms with E-state index in [1.54, 1.807) is 16.8 Å². The van der Waals surface area contributed by atoms with Crippen molar-refractivity contribution < 1.29 is 4.79 Å². The third kappa shape index (κ3) is 3.72. The Hall–Kier alpha value is -1.60. The smallest absolute Gasteiger partial charge is 0.233 e. The van der Waals surface area contributed by atoms with Gasteiger partial charge in [0.05, 0.1) is 11.4 Å². The fraction of sp³-hybridized carbons (Fsp3) is 0.500. The van der Waals surface area contributed by atoms with Crippen LogP contribution in [0.5, 0.6) is 0 Å². The van der Waals surface area contributed by atoms with Gasteiger partial charge < -0.3 is 4.90 Å². The summed E-state index contributed by atoms with van der Waals surface area (Å²) in [6.07, 6.45) is 3.33. The molecule has 2 heterocycles. The average molecular weight is 366 g/mol. The van der Waals surface area contributed by atoms with Gasteiger partial charge in [0.2, 0.25) is 11.1 Å². The van der Waals surface area contributed by atoms with Crippen LogP contribution >= 0.6 is 23.4 Å². The van der Waals surface area contributed by atoms with E-state index >= 15 is 0 Å². The van der Waals surface area contributed by atoms with Gasteiger partial charge in [0, 0.05) is 17.1 Å². The molecule has 0 spiro atoms. The van der Waals surface area contributed by atoms with Gasteiger partial charge in [-0.1, -0.05) is 23.4 Å². The molecule has 1 amide bonds. The van der Waals surface area contributed by atoms with Gasteiger partial charge in [0.25, 0.3) is 0 Å². The Morgan fingerprint density at radius 2 is 1.92 bits per heavy atom. The third-order valence-corrected chi connectivity index (χ3v) is 5.47. The Labute approximate surface area is 150 Å². The van der Waals surface area contributed by atoms with E-state index in [-0.39, 0.29) is 5.91 Å². The summed E-state index contributed by atoms with van der Waals surface area (Å²) in [6, 6.07) is 7.87. The quantitative estimate of drug-likeness (QED) is 0.778. The Kier molecular flexibility index (Phi) is 5.40. The molecule has 8 heteroatoms. The van der Waals surface area contributed by atoms with E-state index in [1.165, 1.54) is 18.2 Å². The van der Waals surface area contributed by atoms with Crippen LogP contribution in [0.3, 0.4) is 0 Å². The molecular formula is C16H20ClN5OS. The number of carbonyl (C=O) groups is 1. The normalized spacial score (nSPS) is 21.0. The van der Waals surface area contributed by atoms with Crippen molar-refractivity contribution in [1.82, 2.24) is 25.1 Å². The first-order chi connectivity index (χ1) is 11.6. The number of thioether (sulfide) groups is 1. The van der Waals surface area contributed by atoms with E-state index in [0.29, 0.717) is 28.0 Å². The molecule has 6 nitrogen and oxygen atoms in total. The number of tetrazole rings is 1. The van der Waals surface area contributed by atoms with E-state index in [1.807, 2.05) is 17.0 Å². The zero-order valence-electron chi connectivity index (χ0n) is 13.7.